The monoisotopic (exact) mass is 665 g/mol. The highest BCUT2D eigenvalue weighted by atomic mass is 16.8. The Morgan fingerprint density at radius 1 is 1.17 bits per heavy atom. The number of quaternary nitrogens is 1. The summed E-state index contributed by atoms with van der Waals surface area (Å²) in [6, 6.07) is 0. The van der Waals surface area contributed by atoms with E-state index in [9.17, 15) is 40.2 Å². The van der Waals surface area contributed by atoms with Gasteiger partial charge in [0, 0.05) is 13.0 Å². The summed E-state index contributed by atoms with van der Waals surface area (Å²) < 4.78 is 23.0. The van der Waals surface area contributed by atoms with E-state index >= 15 is 0 Å². The Hall–Kier alpha value is -3.61. The third-order valence-electron chi connectivity index (χ3n) is 8.64. The van der Waals surface area contributed by atoms with Gasteiger partial charge in [0.05, 0.1) is 42.2 Å². The Balaban J connectivity index is 1.71. The van der Waals surface area contributed by atoms with Crippen molar-refractivity contribution in [3.05, 3.63) is 59.7 Å². The first-order valence-corrected chi connectivity index (χ1v) is 15.5. The summed E-state index contributed by atoms with van der Waals surface area (Å²) in [4.78, 5) is 30.3. The molecule has 16 nitrogen and oxygen atoms in total. The summed E-state index contributed by atoms with van der Waals surface area (Å²) in [6.45, 7) is 3.30. The number of carbonyl (C=O) groups excluding carboxylic acids is 1. The van der Waals surface area contributed by atoms with E-state index < -0.39 is 67.4 Å². The molecule has 1 saturated carbocycles. The lowest BCUT2D eigenvalue weighted by molar-refractivity contribution is -0.843. The normalized spacial score (nSPS) is 33.7. The van der Waals surface area contributed by atoms with Crippen LogP contribution in [-0.2, 0) is 28.5 Å². The molecule has 16 heteroatoms. The lowest BCUT2D eigenvalue weighted by Gasteiger charge is -2.42. The predicted octanol–water partition coefficient (Wildman–Crippen LogP) is -2.85. The van der Waals surface area contributed by atoms with Gasteiger partial charge in [-0.2, -0.15) is 0 Å². The van der Waals surface area contributed by atoms with Crippen molar-refractivity contribution in [2.24, 2.45) is 22.6 Å². The fourth-order valence-corrected chi connectivity index (χ4v) is 6.01. The van der Waals surface area contributed by atoms with Crippen LogP contribution in [0.1, 0.15) is 25.7 Å². The van der Waals surface area contributed by atoms with E-state index in [4.69, 9.17) is 24.7 Å². The van der Waals surface area contributed by atoms with Gasteiger partial charge in [-0.3, -0.25) is 4.99 Å². The third kappa shape index (κ3) is 8.46. The molecule has 0 bridgehead atoms. The topological polar surface area (TPSA) is 247 Å². The van der Waals surface area contributed by atoms with E-state index in [2.05, 4.69) is 16.9 Å². The van der Waals surface area contributed by atoms with E-state index in [1.807, 2.05) is 0 Å². The molecule has 0 aromatic carbocycles. The number of hydrogen-bond acceptors (Lipinski definition) is 12. The molecule has 1 unspecified atom stereocenters. The summed E-state index contributed by atoms with van der Waals surface area (Å²) in [6.07, 6.45) is 1.65. The number of nitrogens with two attached hydrogens (primary N) is 1. The van der Waals surface area contributed by atoms with Crippen LogP contribution in [-0.4, -0.2) is 125 Å². The number of aliphatic carboxylic acids is 1. The highest BCUT2D eigenvalue weighted by Gasteiger charge is 2.47. The number of carboxylic acids is 1. The number of nitrogens with one attached hydrogen (secondary N) is 2. The number of carbonyl (C=O) groups is 2. The van der Waals surface area contributed by atoms with Crippen molar-refractivity contribution in [2.45, 2.75) is 68.8 Å². The number of aliphatic imine (C=N–C) groups is 1. The van der Waals surface area contributed by atoms with Gasteiger partial charge < -0.3 is 65.5 Å². The van der Waals surface area contributed by atoms with Crippen LogP contribution in [0.25, 0.3) is 0 Å². The van der Waals surface area contributed by atoms with Crippen molar-refractivity contribution in [3.63, 3.8) is 0 Å². The van der Waals surface area contributed by atoms with Crippen LogP contribution in [0.15, 0.2) is 64.7 Å². The van der Waals surface area contributed by atoms with Crippen LogP contribution < -0.4 is 16.0 Å². The number of hydrogen-bond donors (Lipinski definition) is 9. The summed E-state index contributed by atoms with van der Waals surface area (Å²) >= 11 is 0. The van der Waals surface area contributed by atoms with E-state index in [-0.39, 0.29) is 48.6 Å². The summed E-state index contributed by atoms with van der Waals surface area (Å²) in [7, 11) is 1.44. The number of allylic oxidation sites excluding steroid dienone is 2. The lowest BCUT2D eigenvalue weighted by atomic mass is 9.83. The number of guanidine groups is 1. The molecular formula is C31H45N4O12+. The highest BCUT2D eigenvalue weighted by molar-refractivity contribution is 5.92. The van der Waals surface area contributed by atoms with Crippen molar-refractivity contribution in [1.82, 2.24) is 5.32 Å². The van der Waals surface area contributed by atoms with Crippen molar-refractivity contribution in [2.75, 3.05) is 33.4 Å². The second-order valence-electron chi connectivity index (χ2n) is 11.7. The molecule has 0 spiro atoms. The minimum absolute atomic E-state index is 0.00492. The molecule has 0 radical (unpaired) electrons. The molecule has 3 heterocycles. The average molecular weight is 666 g/mol. The molecule has 1 saturated heterocycles. The van der Waals surface area contributed by atoms with Crippen LogP contribution in [0.5, 0.6) is 0 Å². The zero-order chi connectivity index (χ0) is 34.2. The molecule has 2 fully saturated rings. The Kier molecular flexibility index (Phi) is 12.7. The number of aliphatic hydroxyl groups is 5. The summed E-state index contributed by atoms with van der Waals surface area (Å²) in [5.41, 5.74) is 6.59. The maximum atomic E-state index is 13.5. The number of esters is 1. The number of rotatable bonds is 12. The first-order valence-electron chi connectivity index (χ1n) is 15.5. The molecule has 10 N–H and O–H groups in total. The lowest BCUT2D eigenvalue weighted by Crippen LogP contribution is -3.09. The van der Waals surface area contributed by atoms with Gasteiger partial charge in [0.25, 0.3) is 0 Å². The molecule has 3 aliphatic heterocycles. The van der Waals surface area contributed by atoms with Gasteiger partial charge >= 0.3 is 11.9 Å². The minimum Gasteiger partial charge on any atom is -0.478 e. The van der Waals surface area contributed by atoms with E-state index in [1.165, 1.54) is 19.4 Å². The number of nitrogens with zero attached hydrogens (tertiary/aromatic N) is 1. The first-order chi connectivity index (χ1) is 22.5. The van der Waals surface area contributed by atoms with Crippen molar-refractivity contribution in [1.29, 1.82) is 0 Å². The van der Waals surface area contributed by atoms with Crippen LogP contribution in [0, 0.1) is 11.8 Å². The molecule has 4 rings (SSSR count). The van der Waals surface area contributed by atoms with Crippen LogP contribution in [0.2, 0.25) is 0 Å². The van der Waals surface area contributed by atoms with E-state index in [1.54, 1.807) is 18.4 Å². The Morgan fingerprint density at radius 2 is 1.89 bits per heavy atom. The maximum Gasteiger partial charge on any atom is 0.339 e. The van der Waals surface area contributed by atoms with Gasteiger partial charge in [0.1, 0.15) is 55.4 Å². The second-order valence-corrected chi connectivity index (χ2v) is 11.7. The van der Waals surface area contributed by atoms with Gasteiger partial charge in [0.15, 0.2) is 12.2 Å². The Morgan fingerprint density at radius 3 is 2.51 bits per heavy atom. The molecule has 9 atom stereocenters. The van der Waals surface area contributed by atoms with E-state index in [0.29, 0.717) is 10.5 Å². The SMILES string of the molecule is C=C[C@H]1[C@H](O[C@@H]2O[C@H](CO)[C@@H](O)[C@H](O)[C@H]2O)OC=C(C(=O)OC2CCCC2)[C@H]1/C=C/C1=C[NH+](CCO)CC(C(=O)O)=C1NC(N)=NC. The standard InChI is InChI=1S/C31H44N4O12/c1-3-18-19(9-8-16-12-35(10-11-36)13-20(27(41)42)23(16)34-31(32)33-2)21(28(43)45-17-6-4-5-7-17)15-44-29(18)47-30-26(40)25(39)24(38)22(14-37)46-30/h3,8-9,12,15,17-19,22,24-26,29-30,36-40H,1,4-7,10-11,13-14H2,2H3,(H,41,42)(H3,32,33,34)/p+1/b9-8+/t18-,19+,22-,24-,25+,26-,29+,30+/m1/s1. The van der Waals surface area contributed by atoms with E-state index in [0.717, 1.165) is 25.7 Å². The van der Waals surface area contributed by atoms with Gasteiger partial charge in [-0.15, -0.1) is 6.58 Å². The predicted molar refractivity (Wildman–Crippen MR) is 164 cm³/mol. The fourth-order valence-electron chi connectivity index (χ4n) is 6.01. The third-order valence-corrected chi connectivity index (χ3v) is 8.64. The fraction of sp³-hybridized carbons (Fsp3) is 0.581. The zero-order valence-electron chi connectivity index (χ0n) is 26.1. The molecule has 0 amide bonds. The minimum atomic E-state index is -1.71. The van der Waals surface area contributed by atoms with Crippen molar-refractivity contribution >= 4 is 17.9 Å². The Labute approximate surface area is 271 Å². The highest BCUT2D eigenvalue weighted by Crippen LogP contribution is 2.37. The van der Waals surface area contributed by atoms with Gasteiger partial charge in [-0.25, -0.2) is 9.59 Å². The van der Waals surface area contributed by atoms with Crippen LogP contribution in [0.3, 0.4) is 0 Å². The first kappa shape index (κ1) is 36.2. The van der Waals surface area contributed by atoms with Gasteiger partial charge in [-0.1, -0.05) is 18.2 Å². The summed E-state index contributed by atoms with van der Waals surface area (Å²) in [5, 5.41) is 63.1. The summed E-state index contributed by atoms with van der Waals surface area (Å²) in [5.74, 6) is -3.53. The zero-order valence-corrected chi connectivity index (χ0v) is 26.1. The molecule has 1 aliphatic carbocycles. The maximum absolute atomic E-state index is 13.5. The molecule has 260 valence electrons. The molecule has 0 aromatic rings. The van der Waals surface area contributed by atoms with Crippen molar-refractivity contribution in [3.8, 4) is 0 Å². The second kappa shape index (κ2) is 16.5. The van der Waals surface area contributed by atoms with Crippen LogP contribution >= 0.6 is 0 Å². The molecule has 0 aromatic heterocycles. The Bertz CT molecular complexity index is 1300. The van der Waals surface area contributed by atoms with Crippen LogP contribution in [0.4, 0.5) is 0 Å². The molecular weight excluding hydrogens is 620 g/mol. The van der Waals surface area contributed by atoms with Gasteiger partial charge in [0.2, 0.25) is 6.29 Å². The molecule has 47 heavy (non-hydrogen) atoms. The number of aliphatic hydroxyl groups excluding tert-OH is 5. The average Bonchev–Trinajstić information content (AvgIpc) is 3.57. The van der Waals surface area contributed by atoms with Crippen molar-refractivity contribution < 1.29 is 64.1 Å². The number of carboxylic acid groups (broad SMARTS) is 1. The van der Waals surface area contributed by atoms with Gasteiger partial charge in [-0.05, 0) is 25.7 Å². The number of ether oxygens (including phenoxy) is 4. The smallest absolute Gasteiger partial charge is 0.339 e. The largest absolute Gasteiger partial charge is 0.478 e. The quantitative estimate of drug-likeness (QED) is 0.0441. The molecule has 4 aliphatic rings.